The highest BCUT2D eigenvalue weighted by atomic mass is 16.3. The minimum absolute atomic E-state index is 0.0137. The first-order valence-electron chi connectivity index (χ1n) is 10.4. The van der Waals surface area contributed by atoms with Crippen molar-refractivity contribution in [3.8, 4) is 0 Å². The second-order valence-electron chi connectivity index (χ2n) is 8.02. The summed E-state index contributed by atoms with van der Waals surface area (Å²) < 4.78 is 5.59. The summed E-state index contributed by atoms with van der Waals surface area (Å²) in [6, 6.07) is 13.7. The molecule has 1 aliphatic heterocycles. The molecule has 1 atom stereocenters. The second-order valence-corrected chi connectivity index (χ2v) is 8.02. The first-order chi connectivity index (χ1) is 14.7. The minimum Gasteiger partial charge on any atom is -0.469 e. The molecule has 30 heavy (non-hydrogen) atoms. The van der Waals surface area contributed by atoms with Crippen LogP contribution in [0, 0.1) is 0 Å². The van der Waals surface area contributed by atoms with Gasteiger partial charge in [-0.05, 0) is 31.3 Å². The van der Waals surface area contributed by atoms with Gasteiger partial charge in [-0.15, -0.1) is 0 Å². The standard InChI is InChI=1S/C23H25N5O2/c1-27-9-11-28(12-10-27)23-25-18-14-16(20-8-5-13-30-20)15-19(29)21(18)22(26-23)24-17-6-3-2-4-7-17/h2-8,13,16H,9-12,14-15H2,1H3,(H,24,25,26). The summed E-state index contributed by atoms with van der Waals surface area (Å²) in [4.78, 5) is 27.3. The number of rotatable bonds is 4. The Bertz CT molecular complexity index is 1030. The van der Waals surface area contributed by atoms with E-state index in [1.165, 1.54) is 0 Å². The summed E-state index contributed by atoms with van der Waals surface area (Å²) in [6.07, 6.45) is 2.73. The molecular formula is C23H25N5O2. The number of para-hydroxylation sites is 1. The van der Waals surface area contributed by atoms with Gasteiger partial charge in [0.15, 0.2) is 5.78 Å². The zero-order valence-electron chi connectivity index (χ0n) is 17.0. The van der Waals surface area contributed by atoms with Gasteiger partial charge in [0.1, 0.15) is 11.6 Å². The maximum absolute atomic E-state index is 13.2. The Morgan fingerprint density at radius 1 is 1.00 bits per heavy atom. The fourth-order valence-corrected chi connectivity index (χ4v) is 4.19. The van der Waals surface area contributed by atoms with E-state index in [1.807, 2.05) is 42.5 Å². The van der Waals surface area contributed by atoms with E-state index in [-0.39, 0.29) is 11.7 Å². The maximum atomic E-state index is 13.2. The van der Waals surface area contributed by atoms with Crippen LogP contribution in [0.5, 0.6) is 0 Å². The third-order valence-electron chi connectivity index (χ3n) is 5.89. The number of piperazine rings is 1. The summed E-state index contributed by atoms with van der Waals surface area (Å²) in [6.45, 7) is 3.68. The number of anilines is 3. The third kappa shape index (κ3) is 3.68. The van der Waals surface area contributed by atoms with E-state index < -0.39 is 0 Å². The number of hydrogen-bond acceptors (Lipinski definition) is 7. The van der Waals surface area contributed by atoms with Gasteiger partial charge in [-0.1, -0.05) is 18.2 Å². The molecule has 1 aliphatic carbocycles. The van der Waals surface area contributed by atoms with E-state index in [1.54, 1.807) is 6.26 Å². The van der Waals surface area contributed by atoms with E-state index in [0.717, 1.165) is 43.3 Å². The molecule has 3 heterocycles. The van der Waals surface area contributed by atoms with Gasteiger partial charge in [-0.25, -0.2) is 4.98 Å². The number of carbonyl (C=O) groups is 1. The number of Topliss-reactive ketones (excluding diaryl/α,β-unsaturated/α-hetero) is 1. The quantitative estimate of drug-likeness (QED) is 0.715. The lowest BCUT2D eigenvalue weighted by molar-refractivity contribution is 0.0959. The summed E-state index contributed by atoms with van der Waals surface area (Å²) in [7, 11) is 2.13. The van der Waals surface area contributed by atoms with Crippen molar-refractivity contribution in [2.45, 2.75) is 18.8 Å². The first-order valence-corrected chi connectivity index (χ1v) is 10.4. The normalized spacial score (nSPS) is 19.6. The molecule has 1 unspecified atom stereocenters. The van der Waals surface area contributed by atoms with Crippen LogP contribution in [-0.4, -0.2) is 53.9 Å². The number of benzene rings is 1. The topological polar surface area (TPSA) is 74.5 Å². The molecular weight excluding hydrogens is 378 g/mol. The number of carbonyl (C=O) groups excluding carboxylic acids is 1. The monoisotopic (exact) mass is 403 g/mol. The molecule has 154 valence electrons. The third-order valence-corrected chi connectivity index (χ3v) is 5.89. The highest BCUT2D eigenvalue weighted by Crippen LogP contribution is 2.36. The largest absolute Gasteiger partial charge is 0.469 e. The number of furan rings is 1. The van der Waals surface area contributed by atoms with Gasteiger partial charge in [0.2, 0.25) is 5.95 Å². The lowest BCUT2D eigenvalue weighted by atomic mass is 9.84. The van der Waals surface area contributed by atoms with Crippen molar-refractivity contribution in [1.29, 1.82) is 0 Å². The van der Waals surface area contributed by atoms with E-state index >= 15 is 0 Å². The van der Waals surface area contributed by atoms with Crippen LogP contribution >= 0.6 is 0 Å². The predicted octanol–water partition coefficient (Wildman–Crippen LogP) is 3.48. The molecule has 7 nitrogen and oxygen atoms in total. The molecule has 1 saturated heterocycles. The molecule has 0 radical (unpaired) electrons. The van der Waals surface area contributed by atoms with Gasteiger partial charge in [0.05, 0.1) is 17.5 Å². The number of hydrogen-bond donors (Lipinski definition) is 1. The minimum atomic E-state index is 0.0137. The molecule has 1 aromatic carbocycles. The van der Waals surface area contributed by atoms with Crippen molar-refractivity contribution < 1.29 is 9.21 Å². The lowest BCUT2D eigenvalue weighted by Crippen LogP contribution is -2.45. The van der Waals surface area contributed by atoms with Crippen LogP contribution in [0.3, 0.4) is 0 Å². The molecule has 1 fully saturated rings. The number of likely N-dealkylation sites (N-methyl/N-ethyl adjacent to an activating group) is 1. The van der Waals surface area contributed by atoms with Gasteiger partial charge in [-0.2, -0.15) is 4.98 Å². The Morgan fingerprint density at radius 2 is 1.80 bits per heavy atom. The number of nitrogens with zero attached hydrogens (tertiary/aromatic N) is 4. The highest BCUT2D eigenvalue weighted by Gasteiger charge is 2.33. The van der Waals surface area contributed by atoms with Crippen LogP contribution in [0.25, 0.3) is 0 Å². The van der Waals surface area contributed by atoms with Crippen LogP contribution in [0.4, 0.5) is 17.5 Å². The number of ketones is 1. The summed E-state index contributed by atoms with van der Waals surface area (Å²) >= 11 is 0. The van der Waals surface area contributed by atoms with Gasteiger partial charge in [-0.3, -0.25) is 4.79 Å². The van der Waals surface area contributed by atoms with Crippen LogP contribution in [0.15, 0.2) is 53.1 Å². The van der Waals surface area contributed by atoms with E-state index in [4.69, 9.17) is 14.4 Å². The van der Waals surface area contributed by atoms with E-state index in [9.17, 15) is 4.79 Å². The predicted molar refractivity (Wildman–Crippen MR) is 116 cm³/mol. The van der Waals surface area contributed by atoms with Crippen molar-refractivity contribution >= 4 is 23.2 Å². The van der Waals surface area contributed by atoms with Crippen LogP contribution in [-0.2, 0) is 6.42 Å². The summed E-state index contributed by atoms with van der Waals surface area (Å²) in [5.41, 5.74) is 2.32. The molecule has 0 saturated carbocycles. The zero-order valence-corrected chi connectivity index (χ0v) is 17.0. The molecule has 0 bridgehead atoms. The maximum Gasteiger partial charge on any atom is 0.227 e. The van der Waals surface area contributed by atoms with Gasteiger partial charge in [0, 0.05) is 50.6 Å². The van der Waals surface area contributed by atoms with Crippen molar-refractivity contribution in [3.05, 3.63) is 65.7 Å². The molecule has 0 spiro atoms. The number of nitrogens with one attached hydrogen (secondary N) is 1. The fourth-order valence-electron chi connectivity index (χ4n) is 4.19. The smallest absolute Gasteiger partial charge is 0.227 e. The molecule has 1 N–H and O–H groups in total. The van der Waals surface area contributed by atoms with Gasteiger partial charge < -0.3 is 19.5 Å². The average molecular weight is 403 g/mol. The average Bonchev–Trinajstić information content (AvgIpc) is 3.29. The zero-order chi connectivity index (χ0) is 20.5. The Kier molecular flexibility index (Phi) is 4.96. The molecule has 2 aromatic heterocycles. The Morgan fingerprint density at radius 3 is 2.53 bits per heavy atom. The first kappa shape index (κ1) is 18.8. The van der Waals surface area contributed by atoms with Crippen LogP contribution in [0.2, 0.25) is 0 Å². The fraction of sp³-hybridized carbons (Fsp3) is 0.348. The van der Waals surface area contributed by atoms with Crippen molar-refractivity contribution in [2.75, 3.05) is 43.4 Å². The van der Waals surface area contributed by atoms with E-state index in [2.05, 4.69) is 22.2 Å². The van der Waals surface area contributed by atoms with Gasteiger partial charge >= 0.3 is 0 Å². The second kappa shape index (κ2) is 7.91. The van der Waals surface area contributed by atoms with Gasteiger partial charge in [0.25, 0.3) is 0 Å². The van der Waals surface area contributed by atoms with Crippen LogP contribution in [0.1, 0.15) is 34.2 Å². The van der Waals surface area contributed by atoms with Crippen molar-refractivity contribution in [1.82, 2.24) is 14.9 Å². The Balaban J connectivity index is 1.54. The van der Waals surface area contributed by atoms with Crippen molar-refractivity contribution in [3.63, 3.8) is 0 Å². The summed E-state index contributed by atoms with van der Waals surface area (Å²) in [5.74, 6) is 2.20. The molecule has 7 heteroatoms. The van der Waals surface area contributed by atoms with Crippen molar-refractivity contribution in [2.24, 2.45) is 0 Å². The lowest BCUT2D eigenvalue weighted by Gasteiger charge is -2.33. The van der Waals surface area contributed by atoms with Crippen LogP contribution < -0.4 is 10.2 Å². The SMILES string of the molecule is CN1CCN(c2nc3c(c(Nc4ccccc4)n2)C(=O)CC(c2ccco2)C3)CC1. The molecule has 0 amide bonds. The Hall–Kier alpha value is -3.19. The summed E-state index contributed by atoms with van der Waals surface area (Å²) in [5, 5.41) is 3.37. The molecule has 2 aliphatic rings. The number of fused-ring (bicyclic) bond motifs is 1. The molecule has 3 aromatic rings. The molecule has 5 rings (SSSR count). The Labute approximate surface area is 175 Å². The van der Waals surface area contributed by atoms with E-state index in [0.29, 0.717) is 30.2 Å². The highest BCUT2D eigenvalue weighted by molar-refractivity contribution is 6.03. The number of aromatic nitrogens is 2.